The molecule has 21 heavy (non-hydrogen) atoms. The number of nitrogens with one attached hydrogen (secondary N) is 1. The van der Waals surface area contributed by atoms with Crippen molar-refractivity contribution in [2.24, 2.45) is 0 Å². The fourth-order valence-electron chi connectivity index (χ4n) is 2.94. The molecule has 2 aliphatic heterocycles. The van der Waals surface area contributed by atoms with E-state index in [0.717, 1.165) is 45.6 Å². The van der Waals surface area contributed by atoms with Crippen molar-refractivity contribution in [1.82, 2.24) is 10.2 Å². The third kappa shape index (κ3) is 4.25. The van der Waals surface area contributed by atoms with Crippen LogP contribution in [-0.2, 0) is 4.79 Å². The predicted molar refractivity (Wildman–Crippen MR) is 90.8 cm³/mol. The molecular weight excluding hydrogens is 309 g/mol. The van der Waals surface area contributed by atoms with Gasteiger partial charge in [0, 0.05) is 31.9 Å². The Morgan fingerprint density at radius 3 is 2.29 bits per heavy atom. The number of amides is 1. The second-order valence-corrected chi connectivity index (χ2v) is 5.30. The Labute approximate surface area is 138 Å². The molecule has 3 rings (SSSR count). The summed E-state index contributed by atoms with van der Waals surface area (Å²) in [7, 11) is 0. The van der Waals surface area contributed by atoms with Gasteiger partial charge in [-0.05, 0) is 31.5 Å². The molecule has 1 amide bonds. The topological polar surface area (TPSA) is 35.6 Å². The number of carbonyl (C=O) groups excluding carboxylic acids is 1. The summed E-state index contributed by atoms with van der Waals surface area (Å²) >= 11 is 0. The maximum absolute atomic E-state index is 12.3. The van der Waals surface area contributed by atoms with Crippen molar-refractivity contribution in [2.45, 2.75) is 18.9 Å². The first-order valence-corrected chi connectivity index (χ1v) is 7.17. The number of rotatable bonds is 2. The normalized spacial score (nSPS) is 21.4. The number of carbonyl (C=O) groups is 1. The number of hydrogen-bond acceptors (Lipinski definition) is 3. The molecule has 0 spiro atoms. The molecule has 6 heteroatoms. The highest BCUT2D eigenvalue weighted by Gasteiger charge is 2.29. The standard InChI is InChI=1S/C15H21N3O.2ClH/c19-15(14-7-4-8-16-14)18-11-9-17(10-12-18)13-5-2-1-3-6-13;;/h1-3,5-6,14,16H,4,7-12H2;2*1H/t14-;;/m0../s1. The summed E-state index contributed by atoms with van der Waals surface area (Å²) in [4.78, 5) is 16.7. The summed E-state index contributed by atoms with van der Waals surface area (Å²) in [6, 6.07) is 10.5. The number of para-hydroxylation sites is 1. The highest BCUT2D eigenvalue weighted by atomic mass is 35.5. The fourth-order valence-corrected chi connectivity index (χ4v) is 2.94. The minimum absolute atomic E-state index is 0. The molecule has 2 aliphatic rings. The van der Waals surface area contributed by atoms with Crippen LogP contribution in [0, 0.1) is 0 Å². The molecule has 1 aromatic carbocycles. The summed E-state index contributed by atoms with van der Waals surface area (Å²) in [6.07, 6.45) is 2.12. The average molecular weight is 332 g/mol. The highest BCUT2D eigenvalue weighted by molar-refractivity contribution is 5.85. The van der Waals surface area contributed by atoms with Gasteiger partial charge in [0.05, 0.1) is 6.04 Å². The second kappa shape index (κ2) is 8.47. The monoisotopic (exact) mass is 331 g/mol. The van der Waals surface area contributed by atoms with E-state index >= 15 is 0 Å². The van der Waals surface area contributed by atoms with Crippen molar-refractivity contribution in [3.63, 3.8) is 0 Å². The molecule has 1 aromatic rings. The molecule has 4 nitrogen and oxygen atoms in total. The summed E-state index contributed by atoms with van der Waals surface area (Å²) in [6.45, 7) is 4.53. The van der Waals surface area contributed by atoms with Crippen LogP contribution in [0.15, 0.2) is 30.3 Å². The van der Waals surface area contributed by atoms with Crippen LogP contribution in [0.1, 0.15) is 12.8 Å². The van der Waals surface area contributed by atoms with Crippen LogP contribution >= 0.6 is 24.8 Å². The van der Waals surface area contributed by atoms with Crippen LogP contribution in [0.5, 0.6) is 0 Å². The van der Waals surface area contributed by atoms with Crippen LogP contribution < -0.4 is 10.2 Å². The van der Waals surface area contributed by atoms with Gasteiger partial charge in [0.2, 0.25) is 5.91 Å². The number of nitrogens with zero attached hydrogens (tertiary/aromatic N) is 2. The van der Waals surface area contributed by atoms with E-state index < -0.39 is 0 Å². The third-order valence-corrected chi connectivity index (χ3v) is 4.07. The van der Waals surface area contributed by atoms with Gasteiger partial charge in [-0.2, -0.15) is 0 Å². The SMILES string of the molecule is Cl.Cl.O=C([C@@H]1CCCN1)N1CCN(c2ccccc2)CC1. The van der Waals surface area contributed by atoms with E-state index in [4.69, 9.17) is 0 Å². The fraction of sp³-hybridized carbons (Fsp3) is 0.533. The lowest BCUT2D eigenvalue weighted by atomic mass is 10.1. The first-order chi connectivity index (χ1) is 9.34. The molecule has 0 bridgehead atoms. The Kier molecular flexibility index (Phi) is 7.29. The molecular formula is C15H23Cl2N3O. The minimum Gasteiger partial charge on any atom is -0.368 e. The van der Waals surface area contributed by atoms with Gasteiger partial charge < -0.3 is 15.1 Å². The summed E-state index contributed by atoms with van der Waals surface area (Å²) in [5.41, 5.74) is 1.26. The zero-order valence-corrected chi connectivity index (χ0v) is 13.7. The van der Waals surface area contributed by atoms with Crippen molar-refractivity contribution in [1.29, 1.82) is 0 Å². The van der Waals surface area contributed by atoms with E-state index in [0.29, 0.717) is 5.91 Å². The lowest BCUT2D eigenvalue weighted by molar-refractivity contribution is -0.133. The van der Waals surface area contributed by atoms with Crippen LogP contribution in [0.25, 0.3) is 0 Å². The van der Waals surface area contributed by atoms with Gasteiger partial charge in [-0.1, -0.05) is 18.2 Å². The van der Waals surface area contributed by atoms with Crippen LogP contribution in [-0.4, -0.2) is 49.6 Å². The van der Waals surface area contributed by atoms with Crippen molar-refractivity contribution in [3.05, 3.63) is 30.3 Å². The molecule has 0 aliphatic carbocycles. The quantitative estimate of drug-likeness (QED) is 0.899. The Morgan fingerprint density at radius 1 is 1.05 bits per heavy atom. The molecule has 2 fully saturated rings. The number of piperazine rings is 1. The van der Waals surface area contributed by atoms with Crippen LogP contribution in [0.3, 0.4) is 0 Å². The Hall–Kier alpha value is -0.970. The van der Waals surface area contributed by atoms with Crippen LogP contribution in [0.2, 0.25) is 0 Å². The highest BCUT2D eigenvalue weighted by Crippen LogP contribution is 2.17. The average Bonchev–Trinajstić information content (AvgIpc) is 3.02. The number of halogens is 2. The third-order valence-electron chi connectivity index (χ3n) is 4.07. The van der Waals surface area contributed by atoms with E-state index in [1.807, 2.05) is 11.0 Å². The maximum Gasteiger partial charge on any atom is 0.239 e. The van der Waals surface area contributed by atoms with Gasteiger partial charge in [-0.15, -0.1) is 24.8 Å². The predicted octanol–water partition coefficient (Wildman–Crippen LogP) is 1.93. The van der Waals surface area contributed by atoms with Gasteiger partial charge in [-0.3, -0.25) is 4.79 Å². The van der Waals surface area contributed by atoms with E-state index in [-0.39, 0.29) is 30.9 Å². The number of anilines is 1. The zero-order valence-electron chi connectivity index (χ0n) is 12.0. The molecule has 0 aromatic heterocycles. The van der Waals surface area contributed by atoms with Crippen LogP contribution in [0.4, 0.5) is 5.69 Å². The molecule has 0 unspecified atom stereocenters. The Bertz CT molecular complexity index is 430. The van der Waals surface area contributed by atoms with E-state index in [1.165, 1.54) is 5.69 Å². The summed E-state index contributed by atoms with van der Waals surface area (Å²) in [5.74, 6) is 0.296. The molecule has 0 radical (unpaired) electrons. The largest absolute Gasteiger partial charge is 0.368 e. The van der Waals surface area contributed by atoms with Crippen molar-refractivity contribution in [3.8, 4) is 0 Å². The van der Waals surface area contributed by atoms with E-state index in [1.54, 1.807) is 0 Å². The van der Waals surface area contributed by atoms with Crippen molar-refractivity contribution >= 4 is 36.4 Å². The van der Waals surface area contributed by atoms with E-state index in [2.05, 4.69) is 34.5 Å². The van der Waals surface area contributed by atoms with Gasteiger partial charge in [-0.25, -0.2) is 0 Å². The first-order valence-electron chi connectivity index (χ1n) is 7.17. The smallest absolute Gasteiger partial charge is 0.239 e. The van der Waals surface area contributed by atoms with Gasteiger partial charge in [0.15, 0.2) is 0 Å². The lowest BCUT2D eigenvalue weighted by Gasteiger charge is -2.37. The summed E-state index contributed by atoms with van der Waals surface area (Å²) < 4.78 is 0. The van der Waals surface area contributed by atoms with Crippen molar-refractivity contribution < 1.29 is 4.79 Å². The van der Waals surface area contributed by atoms with Gasteiger partial charge in [0.1, 0.15) is 0 Å². The second-order valence-electron chi connectivity index (χ2n) is 5.30. The molecule has 2 saturated heterocycles. The molecule has 0 saturated carbocycles. The van der Waals surface area contributed by atoms with Gasteiger partial charge in [0.25, 0.3) is 0 Å². The minimum atomic E-state index is 0. The first kappa shape index (κ1) is 18.1. The number of benzene rings is 1. The van der Waals surface area contributed by atoms with E-state index in [9.17, 15) is 4.79 Å². The maximum atomic E-state index is 12.3. The van der Waals surface area contributed by atoms with Crippen molar-refractivity contribution in [2.75, 3.05) is 37.6 Å². The lowest BCUT2D eigenvalue weighted by Crippen LogP contribution is -2.53. The van der Waals surface area contributed by atoms with Gasteiger partial charge >= 0.3 is 0 Å². The zero-order chi connectivity index (χ0) is 13.1. The molecule has 118 valence electrons. The Balaban J connectivity index is 0.00000110. The Morgan fingerprint density at radius 2 is 1.71 bits per heavy atom. The number of hydrogen-bond donors (Lipinski definition) is 1. The summed E-state index contributed by atoms with van der Waals surface area (Å²) in [5, 5.41) is 3.29. The molecule has 2 heterocycles. The molecule has 1 atom stereocenters. The molecule has 1 N–H and O–H groups in total.